The summed E-state index contributed by atoms with van der Waals surface area (Å²) in [6.45, 7) is 2.62. The van der Waals surface area contributed by atoms with Crippen molar-refractivity contribution in [3.8, 4) is 11.5 Å². The zero-order valence-corrected chi connectivity index (χ0v) is 20.2. The van der Waals surface area contributed by atoms with Gasteiger partial charge in [-0.2, -0.15) is 0 Å². The van der Waals surface area contributed by atoms with Gasteiger partial charge in [-0.3, -0.25) is 9.59 Å². The largest absolute Gasteiger partial charge is 0.511 e. The van der Waals surface area contributed by atoms with Gasteiger partial charge in [-0.05, 0) is 24.3 Å². The van der Waals surface area contributed by atoms with Gasteiger partial charge in [0.25, 0.3) is 11.8 Å². The van der Waals surface area contributed by atoms with Crippen molar-refractivity contribution in [2.24, 2.45) is 0 Å². The molecule has 3 N–H and O–H groups in total. The molecule has 0 fully saturated rings. The predicted molar refractivity (Wildman–Crippen MR) is 126 cm³/mol. The maximum atomic E-state index is 13.5. The Bertz CT molecular complexity index is 1060. The minimum absolute atomic E-state index is 0.0217. The van der Waals surface area contributed by atoms with Crippen LogP contribution in [0.15, 0.2) is 48.7 Å². The van der Waals surface area contributed by atoms with Crippen LogP contribution in [0.25, 0.3) is 0 Å². The Morgan fingerprint density at radius 1 is 1.00 bits per heavy atom. The maximum Gasteiger partial charge on any atom is 0.258 e. The number of benzene rings is 2. The van der Waals surface area contributed by atoms with Crippen LogP contribution in [0.2, 0.25) is 10.0 Å². The number of amides is 2. The monoisotopic (exact) mass is 532 g/mol. The van der Waals surface area contributed by atoms with Crippen molar-refractivity contribution in [1.82, 2.24) is 10.6 Å². The van der Waals surface area contributed by atoms with E-state index in [9.17, 15) is 23.5 Å². The van der Waals surface area contributed by atoms with E-state index >= 15 is 0 Å². The molecule has 2 amide bonds. The summed E-state index contributed by atoms with van der Waals surface area (Å²) in [5, 5.41) is 14.8. The number of methoxy groups -OCH3 is 1. The van der Waals surface area contributed by atoms with Gasteiger partial charge < -0.3 is 30.0 Å². The zero-order valence-electron chi connectivity index (χ0n) is 18.7. The highest BCUT2D eigenvalue weighted by atomic mass is 35.5. The Morgan fingerprint density at radius 2 is 1.51 bits per heavy atom. The lowest BCUT2D eigenvalue weighted by atomic mass is 10.1. The predicted octanol–water partition coefficient (Wildman–Crippen LogP) is 3.81. The van der Waals surface area contributed by atoms with Gasteiger partial charge >= 0.3 is 0 Å². The third-order valence-electron chi connectivity index (χ3n) is 4.62. The van der Waals surface area contributed by atoms with Crippen molar-refractivity contribution >= 4 is 35.0 Å². The number of hydrogen-bond acceptors (Lipinski definition) is 6. The molecule has 0 aromatic heterocycles. The average molecular weight is 533 g/mol. The molecule has 12 heteroatoms. The number of carbonyl (C=O) groups excluding carboxylic acids is 2. The number of aliphatic hydroxyl groups is 1. The average Bonchev–Trinajstić information content (AvgIpc) is 2.82. The molecule has 0 aliphatic heterocycles. The highest BCUT2D eigenvalue weighted by Crippen LogP contribution is 2.21. The van der Waals surface area contributed by atoms with E-state index in [1.807, 2.05) is 0 Å². The van der Waals surface area contributed by atoms with Crippen LogP contribution in [0, 0.1) is 11.6 Å². The second-order valence-corrected chi connectivity index (χ2v) is 8.05. The van der Waals surface area contributed by atoms with Crippen molar-refractivity contribution in [3.63, 3.8) is 0 Å². The molecule has 0 saturated heterocycles. The van der Waals surface area contributed by atoms with Gasteiger partial charge in [0.2, 0.25) is 0 Å². The van der Waals surface area contributed by atoms with Gasteiger partial charge in [-0.15, -0.1) is 0 Å². The highest BCUT2D eigenvalue weighted by Gasteiger charge is 2.22. The molecule has 0 aliphatic carbocycles. The summed E-state index contributed by atoms with van der Waals surface area (Å²) in [4.78, 5) is 24.3. The van der Waals surface area contributed by atoms with Crippen molar-refractivity contribution < 1.29 is 37.7 Å². The molecule has 190 valence electrons. The van der Waals surface area contributed by atoms with Crippen LogP contribution in [-0.2, 0) is 14.3 Å². The fourth-order valence-electron chi connectivity index (χ4n) is 2.75. The lowest BCUT2D eigenvalue weighted by Crippen LogP contribution is -2.44. The molecule has 0 aliphatic rings. The summed E-state index contributed by atoms with van der Waals surface area (Å²) in [5.74, 6) is -2.58. The third kappa shape index (κ3) is 9.59. The molecule has 2 aromatic carbocycles. The molecule has 2 atom stereocenters. The van der Waals surface area contributed by atoms with Gasteiger partial charge in [0.15, 0.2) is 13.2 Å². The summed E-state index contributed by atoms with van der Waals surface area (Å²) in [6, 6.07) is 6.60. The lowest BCUT2D eigenvalue weighted by molar-refractivity contribution is -0.125. The molecule has 1 unspecified atom stereocenters. The smallest absolute Gasteiger partial charge is 0.258 e. The van der Waals surface area contributed by atoms with Crippen LogP contribution in [0.4, 0.5) is 8.78 Å². The van der Waals surface area contributed by atoms with Crippen molar-refractivity contribution in [2.45, 2.75) is 18.6 Å². The van der Waals surface area contributed by atoms with E-state index < -0.39 is 42.2 Å². The Hall–Kier alpha value is -3.08. The minimum atomic E-state index is -0.914. The summed E-state index contributed by atoms with van der Waals surface area (Å²) in [7, 11) is 1.39. The van der Waals surface area contributed by atoms with E-state index in [2.05, 4.69) is 17.2 Å². The minimum Gasteiger partial charge on any atom is -0.511 e. The van der Waals surface area contributed by atoms with E-state index in [-0.39, 0.29) is 46.9 Å². The number of nitrogens with one attached hydrogen (secondary N) is 2. The first-order valence-corrected chi connectivity index (χ1v) is 11.0. The molecule has 2 aromatic rings. The molecule has 0 heterocycles. The Balaban J connectivity index is 1.80. The molecule has 0 saturated carbocycles. The van der Waals surface area contributed by atoms with Crippen LogP contribution in [0.1, 0.15) is 6.42 Å². The second-order valence-electron chi connectivity index (χ2n) is 7.24. The summed E-state index contributed by atoms with van der Waals surface area (Å²) >= 11 is 11.2. The SMILES string of the molecule is C=C(O)C(C[C@H](CNC(=O)COc1ccc(Cl)c(F)c1)OC)NC(=O)COc1ccc(Cl)c(F)c1. The van der Waals surface area contributed by atoms with Gasteiger partial charge in [0, 0.05) is 32.2 Å². The number of rotatable bonds is 13. The lowest BCUT2D eigenvalue weighted by Gasteiger charge is -2.23. The first-order chi connectivity index (χ1) is 16.6. The quantitative estimate of drug-likeness (QED) is 0.339. The van der Waals surface area contributed by atoms with Gasteiger partial charge in [0.05, 0.1) is 22.2 Å². The van der Waals surface area contributed by atoms with Crippen LogP contribution in [0.5, 0.6) is 11.5 Å². The normalized spacial score (nSPS) is 12.4. The molecule has 8 nitrogen and oxygen atoms in total. The van der Waals surface area contributed by atoms with Crippen LogP contribution >= 0.6 is 23.2 Å². The Labute approximate surface area is 210 Å². The summed E-state index contributed by atoms with van der Waals surface area (Å²) < 4.78 is 42.6. The van der Waals surface area contributed by atoms with E-state index in [0.29, 0.717) is 0 Å². The highest BCUT2D eigenvalue weighted by molar-refractivity contribution is 6.31. The van der Waals surface area contributed by atoms with E-state index in [1.165, 1.54) is 31.4 Å². The molecule has 0 bridgehead atoms. The zero-order chi connectivity index (χ0) is 26.0. The molecule has 35 heavy (non-hydrogen) atoms. The number of carbonyl (C=O) groups is 2. The first kappa shape index (κ1) is 28.2. The summed E-state index contributed by atoms with van der Waals surface area (Å²) in [6.07, 6.45) is -0.552. The van der Waals surface area contributed by atoms with Crippen molar-refractivity contribution in [1.29, 1.82) is 0 Å². The fourth-order valence-corrected chi connectivity index (χ4v) is 2.98. The first-order valence-electron chi connectivity index (χ1n) is 10.2. The topological polar surface area (TPSA) is 106 Å². The Kier molecular flexibility index (Phi) is 11.0. The number of hydrogen-bond donors (Lipinski definition) is 3. The van der Waals surface area contributed by atoms with E-state index in [4.69, 9.17) is 37.4 Å². The third-order valence-corrected chi connectivity index (χ3v) is 5.23. The second kappa shape index (κ2) is 13.7. The van der Waals surface area contributed by atoms with E-state index in [0.717, 1.165) is 12.1 Å². The van der Waals surface area contributed by atoms with Gasteiger partial charge in [-0.1, -0.05) is 29.8 Å². The summed E-state index contributed by atoms with van der Waals surface area (Å²) in [5.41, 5.74) is 0. The van der Waals surface area contributed by atoms with Crippen LogP contribution < -0.4 is 20.1 Å². The maximum absolute atomic E-state index is 13.5. The molecule has 0 radical (unpaired) electrons. The van der Waals surface area contributed by atoms with Gasteiger partial charge in [0.1, 0.15) is 28.9 Å². The van der Waals surface area contributed by atoms with Crippen molar-refractivity contribution in [3.05, 3.63) is 70.4 Å². The van der Waals surface area contributed by atoms with Crippen molar-refractivity contribution in [2.75, 3.05) is 26.9 Å². The number of halogens is 4. The van der Waals surface area contributed by atoms with Gasteiger partial charge in [-0.25, -0.2) is 8.78 Å². The molecule has 2 rings (SSSR count). The standard InChI is InChI=1S/C23H24Cl2F2N2O6/c1-13(30)21(29-23(32)12-35-15-4-6-18(25)20(27)8-15)9-16(33-2)10-28-22(31)11-34-14-3-5-17(24)19(26)7-14/h3-8,16,21,30H,1,9-12H2,2H3,(H,28,31)(H,29,32)/t16-,21?/m1/s1. The van der Waals surface area contributed by atoms with E-state index in [1.54, 1.807) is 0 Å². The van der Waals surface area contributed by atoms with Crippen LogP contribution in [0.3, 0.4) is 0 Å². The molecular formula is C23H24Cl2F2N2O6. The Morgan fingerprint density at radius 3 is 1.97 bits per heavy atom. The van der Waals surface area contributed by atoms with Crippen LogP contribution in [-0.4, -0.2) is 55.9 Å². The molecular weight excluding hydrogens is 509 g/mol. The number of aliphatic hydroxyl groups excluding tert-OH is 1. The fraction of sp³-hybridized carbons (Fsp3) is 0.304. The number of ether oxygens (including phenoxy) is 3. The molecule has 0 spiro atoms.